The molecule has 3 heteroatoms. The van der Waals surface area contributed by atoms with Gasteiger partial charge in [-0.15, -0.1) is 0 Å². The van der Waals surface area contributed by atoms with Crippen LogP contribution in [0.4, 0.5) is 0 Å². The smallest absolute Gasteiger partial charge is 0.0954 e. The molecule has 0 amide bonds. The molecule has 0 fully saturated rings. The first-order valence-electron chi connectivity index (χ1n) is 4.85. The van der Waals surface area contributed by atoms with E-state index in [2.05, 4.69) is 18.9 Å². The molecule has 0 radical (unpaired) electrons. The molecule has 15 heavy (non-hydrogen) atoms. The molecule has 1 aromatic carbocycles. The van der Waals surface area contributed by atoms with E-state index in [0.29, 0.717) is 0 Å². The van der Waals surface area contributed by atoms with Crippen molar-refractivity contribution in [1.82, 2.24) is 9.78 Å². The van der Waals surface area contributed by atoms with Gasteiger partial charge in [-0.3, -0.25) is 4.68 Å². The van der Waals surface area contributed by atoms with Crippen LogP contribution < -0.4 is 0 Å². The zero-order valence-electron chi connectivity index (χ0n) is 9.08. The topological polar surface area (TPSA) is 17.8 Å². The summed E-state index contributed by atoms with van der Waals surface area (Å²) in [6.45, 7) is 4.16. The lowest BCUT2D eigenvalue weighted by atomic mass is 10.1. The predicted octanol–water partition coefficient (Wildman–Crippen LogP) is 3.36. The minimum atomic E-state index is 0.754. The average molecular weight is 221 g/mol. The third kappa shape index (κ3) is 1.77. The molecule has 0 aliphatic carbocycles. The molecule has 0 N–H and O–H groups in total. The number of hydrogen-bond donors (Lipinski definition) is 0. The molecule has 0 unspecified atom stereocenters. The van der Waals surface area contributed by atoms with Crippen LogP contribution >= 0.6 is 11.6 Å². The molecule has 0 saturated heterocycles. The van der Waals surface area contributed by atoms with E-state index in [4.69, 9.17) is 11.6 Å². The number of benzene rings is 1. The monoisotopic (exact) mass is 220 g/mol. The van der Waals surface area contributed by atoms with Crippen LogP contribution in [0.5, 0.6) is 0 Å². The van der Waals surface area contributed by atoms with E-state index < -0.39 is 0 Å². The minimum absolute atomic E-state index is 0.754. The maximum absolute atomic E-state index is 5.85. The molecule has 0 aliphatic heterocycles. The van der Waals surface area contributed by atoms with Gasteiger partial charge in [-0.1, -0.05) is 23.7 Å². The van der Waals surface area contributed by atoms with Crippen molar-refractivity contribution in [1.29, 1.82) is 0 Å². The van der Waals surface area contributed by atoms with E-state index in [1.54, 1.807) is 0 Å². The summed E-state index contributed by atoms with van der Waals surface area (Å²) in [5.74, 6) is 0. The highest BCUT2D eigenvalue weighted by molar-refractivity contribution is 6.30. The van der Waals surface area contributed by atoms with Crippen molar-refractivity contribution in [3.8, 4) is 11.3 Å². The number of aryl methyl sites for hydroxylation is 1. The predicted molar refractivity (Wildman–Crippen MR) is 63.1 cm³/mol. The van der Waals surface area contributed by atoms with Crippen molar-refractivity contribution < 1.29 is 0 Å². The summed E-state index contributed by atoms with van der Waals surface area (Å²) in [7, 11) is 1.96. The maximum atomic E-state index is 5.85. The second-order valence-corrected chi connectivity index (χ2v) is 4.13. The fourth-order valence-corrected chi connectivity index (χ4v) is 1.72. The molecule has 2 rings (SSSR count). The van der Waals surface area contributed by atoms with E-state index in [0.717, 1.165) is 16.3 Å². The van der Waals surface area contributed by atoms with Gasteiger partial charge in [0.2, 0.25) is 0 Å². The molecular weight excluding hydrogens is 208 g/mol. The second kappa shape index (κ2) is 3.70. The Morgan fingerprint density at radius 3 is 2.20 bits per heavy atom. The number of nitrogens with zero attached hydrogens (tertiary/aromatic N) is 2. The Hall–Kier alpha value is -1.28. The van der Waals surface area contributed by atoms with Crippen LogP contribution in [0, 0.1) is 13.8 Å². The molecule has 0 saturated carbocycles. The highest BCUT2D eigenvalue weighted by Gasteiger charge is 2.09. The highest BCUT2D eigenvalue weighted by Crippen LogP contribution is 2.24. The summed E-state index contributed by atoms with van der Waals surface area (Å²) >= 11 is 5.85. The van der Waals surface area contributed by atoms with Crippen LogP contribution in [-0.2, 0) is 7.05 Å². The quantitative estimate of drug-likeness (QED) is 0.721. The van der Waals surface area contributed by atoms with Gasteiger partial charge in [-0.25, -0.2) is 0 Å². The number of halogens is 1. The molecule has 0 spiro atoms. The number of aromatic nitrogens is 2. The standard InChI is InChI=1S/C12H13ClN2/c1-8-9(2)15(3)14-12(8)10-4-6-11(13)7-5-10/h4-7H,1-3H3. The first-order valence-corrected chi connectivity index (χ1v) is 5.23. The SMILES string of the molecule is Cc1c(-c2ccc(Cl)cc2)nn(C)c1C. The normalized spacial score (nSPS) is 10.7. The van der Waals surface area contributed by atoms with Gasteiger partial charge < -0.3 is 0 Å². The van der Waals surface area contributed by atoms with Crippen molar-refractivity contribution in [3.63, 3.8) is 0 Å². The lowest BCUT2D eigenvalue weighted by Gasteiger charge is -1.98. The molecule has 0 bridgehead atoms. The van der Waals surface area contributed by atoms with Gasteiger partial charge >= 0.3 is 0 Å². The lowest BCUT2D eigenvalue weighted by molar-refractivity contribution is 0.741. The Morgan fingerprint density at radius 1 is 1.13 bits per heavy atom. The Kier molecular flexibility index (Phi) is 2.53. The van der Waals surface area contributed by atoms with Gasteiger partial charge in [0.05, 0.1) is 5.69 Å². The van der Waals surface area contributed by atoms with Crippen LogP contribution in [0.25, 0.3) is 11.3 Å². The van der Waals surface area contributed by atoms with Crippen molar-refractivity contribution in [2.45, 2.75) is 13.8 Å². The second-order valence-electron chi connectivity index (χ2n) is 3.69. The third-order valence-corrected chi connectivity index (χ3v) is 3.00. The van der Waals surface area contributed by atoms with Gasteiger partial charge in [0.25, 0.3) is 0 Å². The Labute approximate surface area is 94.5 Å². The van der Waals surface area contributed by atoms with Crippen LogP contribution in [-0.4, -0.2) is 9.78 Å². The zero-order chi connectivity index (χ0) is 11.0. The summed E-state index contributed by atoms with van der Waals surface area (Å²) < 4.78 is 1.90. The van der Waals surface area contributed by atoms with Crippen molar-refractivity contribution >= 4 is 11.6 Å². The molecule has 78 valence electrons. The fraction of sp³-hybridized carbons (Fsp3) is 0.250. The molecule has 1 aromatic heterocycles. The number of rotatable bonds is 1. The first-order chi connectivity index (χ1) is 7.09. The van der Waals surface area contributed by atoms with E-state index in [9.17, 15) is 0 Å². The van der Waals surface area contributed by atoms with Crippen LogP contribution in [0.15, 0.2) is 24.3 Å². The summed E-state index contributed by atoms with van der Waals surface area (Å²) in [4.78, 5) is 0. The Bertz CT molecular complexity index is 483. The van der Waals surface area contributed by atoms with Crippen molar-refractivity contribution in [2.24, 2.45) is 7.05 Å². The summed E-state index contributed by atoms with van der Waals surface area (Å²) in [6.07, 6.45) is 0. The molecule has 2 aromatic rings. The lowest BCUT2D eigenvalue weighted by Crippen LogP contribution is -1.92. The average Bonchev–Trinajstić information content (AvgIpc) is 2.47. The van der Waals surface area contributed by atoms with Crippen molar-refractivity contribution in [2.75, 3.05) is 0 Å². The first kappa shape index (κ1) is 10.2. The highest BCUT2D eigenvalue weighted by atomic mass is 35.5. The van der Waals surface area contributed by atoms with Gasteiger partial charge in [-0.2, -0.15) is 5.10 Å². The van der Waals surface area contributed by atoms with Gasteiger partial charge in [0.15, 0.2) is 0 Å². The zero-order valence-corrected chi connectivity index (χ0v) is 9.84. The van der Waals surface area contributed by atoms with Crippen LogP contribution in [0.1, 0.15) is 11.3 Å². The fourth-order valence-electron chi connectivity index (χ4n) is 1.60. The summed E-state index contributed by atoms with van der Waals surface area (Å²) in [5, 5.41) is 5.24. The van der Waals surface area contributed by atoms with E-state index >= 15 is 0 Å². The van der Waals surface area contributed by atoms with Gasteiger partial charge in [0, 0.05) is 23.3 Å². The largest absolute Gasteiger partial charge is 0.272 e. The molecular formula is C12H13ClN2. The minimum Gasteiger partial charge on any atom is -0.272 e. The van der Waals surface area contributed by atoms with Crippen LogP contribution in [0.3, 0.4) is 0 Å². The summed E-state index contributed by atoms with van der Waals surface area (Å²) in [5.41, 5.74) is 4.56. The summed E-state index contributed by atoms with van der Waals surface area (Å²) in [6, 6.07) is 7.77. The molecule has 0 aliphatic rings. The maximum Gasteiger partial charge on any atom is 0.0954 e. The molecule has 1 heterocycles. The van der Waals surface area contributed by atoms with Gasteiger partial charge in [0.1, 0.15) is 0 Å². The van der Waals surface area contributed by atoms with E-state index in [-0.39, 0.29) is 0 Å². The van der Waals surface area contributed by atoms with E-state index in [1.807, 2.05) is 36.0 Å². The van der Waals surface area contributed by atoms with Crippen molar-refractivity contribution in [3.05, 3.63) is 40.5 Å². The van der Waals surface area contributed by atoms with Gasteiger partial charge in [-0.05, 0) is 31.5 Å². The van der Waals surface area contributed by atoms with E-state index in [1.165, 1.54) is 11.3 Å². The molecule has 2 nitrogen and oxygen atoms in total. The third-order valence-electron chi connectivity index (χ3n) is 2.75. The number of hydrogen-bond acceptors (Lipinski definition) is 1. The molecule has 0 atom stereocenters. The van der Waals surface area contributed by atoms with Crippen LogP contribution in [0.2, 0.25) is 5.02 Å². The Balaban J connectivity index is 2.54. The Morgan fingerprint density at radius 2 is 1.73 bits per heavy atom.